The van der Waals surface area contributed by atoms with Crippen molar-refractivity contribution >= 4 is 12.0 Å². The van der Waals surface area contributed by atoms with Gasteiger partial charge in [-0.05, 0) is 12.8 Å². The van der Waals surface area contributed by atoms with E-state index in [-0.39, 0.29) is 4.65 Å². The van der Waals surface area contributed by atoms with Gasteiger partial charge in [-0.3, -0.25) is 0 Å². The smallest absolute Gasteiger partial charge is 0.446 e. The van der Waals surface area contributed by atoms with Gasteiger partial charge in [0.25, 0.3) is 0 Å². The highest BCUT2D eigenvalue weighted by Crippen LogP contribution is 2.25. The number of rotatable bonds is 1. The molecule has 84 valence electrons. The number of fused-ring (bicyclic) bond motifs is 1. The van der Waals surface area contributed by atoms with Gasteiger partial charge in [0.2, 0.25) is 5.84 Å². The van der Waals surface area contributed by atoms with Crippen LogP contribution >= 0.6 is 0 Å². The van der Waals surface area contributed by atoms with Crippen LogP contribution in [0.1, 0.15) is 32.1 Å². The van der Waals surface area contributed by atoms with Crippen LogP contribution in [-0.2, 0) is 4.84 Å². The van der Waals surface area contributed by atoms with Crippen molar-refractivity contribution in [1.82, 2.24) is 0 Å². The van der Waals surface area contributed by atoms with Gasteiger partial charge in [-0.2, -0.15) is 4.79 Å². The molecule has 0 saturated carbocycles. The molecule has 2 aliphatic heterocycles. The van der Waals surface area contributed by atoms with Gasteiger partial charge in [-0.15, -0.1) is 0 Å². The molecule has 1 N–H and O–H groups in total. The van der Waals surface area contributed by atoms with Crippen molar-refractivity contribution in [3.8, 4) is 0 Å². The maximum Gasteiger partial charge on any atom is 0.557 e. The molecule has 0 spiro atoms. The van der Waals surface area contributed by atoms with E-state index in [1.54, 1.807) is 0 Å². The Morgan fingerprint density at radius 1 is 1.27 bits per heavy atom. The van der Waals surface area contributed by atoms with Crippen molar-refractivity contribution in [3.05, 3.63) is 0 Å². The van der Waals surface area contributed by atoms with E-state index in [4.69, 9.17) is 9.94 Å². The highest BCUT2D eigenvalue weighted by Gasteiger charge is 2.42. The van der Waals surface area contributed by atoms with Crippen LogP contribution in [0.5, 0.6) is 0 Å². The molecule has 1 unspecified atom stereocenters. The molecular formula is C10H17N2O3+. The zero-order valence-corrected chi connectivity index (χ0v) is 8.81. The van der Waals surface area contributed by atoms with Crippen molar-refractivity contribution in [2.75, 3.05) is 19.6 Å². The molecule has 2 heterocycles. The van der Waals surface area contributed by atoms with Crippen molar-refractivity contribution in [3.63, 3.8) is 0 Å². The van der Waals surface area contributed by atoms with E-state index in [0.717, 1.165) is 57.6 Å². The molecular weight excluding hydrogens is 196 g/mol. The molecule has 2 aliphatic rings. The third kappa shape index (κ3) is 2.12. The number of hydrogen-bond acceptors (Lipinski definition) is 3. The van der Waals surface area contributed by atoms with E-state index in [2.05, 4.69) is 4.99 Å². The summed E-state index contributed by atoms with van der Waals surface area (Å²) in [6.45, 7) is 2.33. The molecule has 0 aromatic heterocycles. The van der Waals surface area contributed by atoms with Crippen LogP contribution in [0.4, 0.5) is 4.79 Å². The molecule has 0 aliphatic carbocycles. The zero-order valence-electron chi connectivity index (χ0n) is 8.81. The highest BCUT2D eigenvalue weighted by molar-refractivity contribution is 5.76. The molecule has 5 heteroatoms. The minimum Gasteiger partial charge on any atom is -0.446 e. The second kappa shape index (κ2) is 4.18. The van der Waals surface area contributed by atoms with E-state index in [0.29, 0.717) is 0 Å². The number of carboxylic acid groups (broad SMARTS) is 1. The van der Waals surface area contributed by atoms with Gasteiger partial charge in [0, 0.05) is 19.3 Å². The number of aliphatic imine (C=N–C) groups is 1. The summed E-state index contributed by atoms with van der Waals surface area (Å²) in [6.07, 6.45) is 3.87. The Morgan fingerprint density at radius 2 is 2.07 bits per heavy atom. The Bertz CT molecular complexity index is 290. The zero-order chi connectivity index (χ0) is 10.7. The Hall–Kier alpha value is -1.10. The lowest BCUT2D eigenvalue weighted by molar-refractivity contribution is -1.02. The molecule has 1 atom stereocenters. The molecule has 0 bridgehead atoms. The van der Waals surface area contributed by atoms with Crippen LogP contribution in [0, 0.1) is 0 Å². The third-order valence-corrected chi connectivity index (χ3v) is 3.11. The molecule has 0 aromatic rings. The van der Waals surface area contributed by atoms with E-state index >= 15 is 0 Å². The number of hydrogen-bond donors (Lipinski definition) is 1. The number of hydroxylamine groups is 3. The predicted octanol–water partition coefficient (Wildman–Crippen LogP) is 1.79. The first-order chi connectivity index (χ1) is 7.23. The van der Waals surface area contributed by atoms with Gasteiger partial charge in [-0.25, -0.2) is 9.83 Å². The number of amidine groups is 1. The van der Waals surface area contributed by atoms with Crippen LogP contribution in [0.2, 0.25) is 0 Å². The largest absolute Gasteiger partial charge is 0.557 e. The van der Waals surface area contributed by atoms with Gasteiger partial charge in [-0.1, -0.05) is 4.65 Å². The van der Waals surface area contributed by atoms with Gasteiger partial charge in [0.05, 0.1) is 6.54 Å². The number of nitrogens with zero attached hydrogens (tertiary/aromatic N) is 2. The Labute approximate surface area is 88.9 Å². The lowest BCUT2D eigenvalue weighted by atomic mass is 10.2. The number of quaternary nitrogens is 1. The molecule has 2 rings (SSSR count). The second-order valence-corrected chi connectivity index (χ2v) is 4.16. The summed E-state index contributed by atoms with van der Waals surface area (Å²) in [5.74, 6) is 0.932. The fourth-order valence-corrected chi connectivity index (χ4v) is 2.44. The molecule has 0 radical (unpaired) electrons. The fraction of sp³-hybridized carbons (Fsp3) is 0.800. The second-order valence-electron chi connectivity index (χ2n) is 4.16. The molecule has 15 heavy (non-hydrogen) atoms. The summed E-state index contributed by atoms with van der Waals surface area (Å²) in [4.78, 5) is 20.3. The van der Waals surface area contributed by atoms with Crippen molar-refractivity contribution in [1.29, 1.82) is 0 Å². The predicted molar refractivity (Wildman–Crippen MR) is 54.5 cm³/mol. The van der Waals surface area contributed by atoms with Gasteiger partial charge >= 0.3 is 6.16 Å². The monoisotopic (exact) mass is 213 g/mol. The summed E-state index contributed by atoms with van der Waals surface area (Å²) < 4.78 is 0.148. The molecule has 5 nitrogen and oxygen atoms in total. The Balaban J connectivity index is 2.24. The van der Waals surface area contributed by atoms with Crippen molar-refractivity contribution in [2.24, 2.45) is 4.99 Å². The first-order valence-electron chi connectivity index (χ1n) is 5.56. The quantitative estimate of drug-likeness (QED) is 0.675. The summed E-state index contributed by atoms with van der Waals surface area (Å²) in [5, 5.41) is 8.80. The van der Waals surface area contributed by atoms with Gasteiger partial charge in [0.1, 0.15) is 13.1 Å². The normalized spacial score (nSPS) is 31.1. The Morgan fingerprint density at radius 3 is 2.87 bits per heavy atom. The maximum absolute atomic E-state index is 10.7. The van der Waals surface area contributed by atoms with E-state index < -0.39 is 6.16 Å². The SMILES string of the molecule is O=C(O)O[N+]12CCCCCC1=NCCC2. The van der Waals surface area contributed by atoms with E-state index in [1.165, 1.54) is 0 Å². The summed E-state index contributed by atoms with van der Waals surface area (Å²) in [7, 11) is 0. The molecule has 1 saturated heterocycles. The highest BCUT2D eigenvalue weighted by atomic mass is 16.8. The topological polar surface area (TPSA) is 58.9 Å². The standard InChI is InChI=1S/C10H16N2O3/c13-10(14)15-12-7-3-1-2-5-9(12)11-6-4-8-12/h1-8H2/p+1. The summed E-state index contributed by atoms with van der Waals surface area (Å²) >= 11 is 0. The van der Waals surface area contributed by atoms with Crippen molar-refractivity contribution < 1.29 is 19.4 Å². The minimum absolute atomic E-state index is 0.148. The maximum atomic E-state index is 10.7. The average molecular weight is 213 g/mol. The van der Waals surface area contributed by atoms with Gasteiger partial charge < -0.3 is 5.11 Å². The van der Waals surface area contributed by atoms with Crippen LogP contribution in [0.3, 0.4) is 0 Å². The first kappa shape index (κ1) is 10.4. The van der Waals surface area contributed by atoms with E-state index in [9.17, 15) is 4.79 Å². The van der Waals surface area contributed by atoms with Crippen LogP contribution in [0.15, 0.2) is 4.99 Å². The average Bonchev–Trinajstić information content (AvgIpc) is 2.38. The van der Waals surface area contributed by atoms with E-state index in [1.807, 2.05) is 0 Å². The van der Waals surface area contributed by atoms with Gasteiger partial charge in [0.15, 0.2) is 0 Å². The lowest BCUT2D eigenvalue weighted by Gasteiger charge is -2.34. The van der Waals surface area contributed by atoms with Crippen LogP contribution in [0.25, 0.3) is 0 Å². The summed E-state index contributed by atoms with van der Waals surface area (Å²) in [5.41, 5.74) is 0. The fourth-order valence-electron chi connectivity index (χ4n) is 2.44. The minimum atomic E-state index is -1.19. The third-order valence-electron chi connectivity index (χ3n) is 3.11. The Kier molecular flexibility index (Phi) is 2.90. The van der Waals surface area contributed by atoms with Crippen LogP contribution < -0.4 is 0 Å². The summed E-state index contributed by atoms with van der Waals surface area (Å²) in [6, 6.07) is 0. The first-order valence-corrected chi connectivity index (χ1v) is 5.56. The molecule has 0 aromatic carbocycles. The van der Waals surface area contributed by atoms with Crippen LogP contribution in [-0.4, -0.2) is 41.4 Å². The van der Waals surface area contributed by atoms with Crippen molar-refractivity contribution in [2.45, 2.75) is 32.1 Å². The number of carbonyl (C=O) groups is 1. The molecule has 0 amide bonds. The molecule has 1 fully saturated rings. The lowest BCUT2D eigenvalue weighted by Crippen LogP contribution is -2.56.